The highest BCUT2D eigenvalue weighted by molar-refractivity contribution is 7.18. The van der Waals surface area contributed by atoms with Crippen molar-refractivity contribution in [1.82, 2.24) is 4.57 Å². The Hall–Kier alpha value is -2.00. The number of rotatable bonds is 7. The van der Waals surface area contributed by atoms with Crippen LogP contribution in [-0.4, -0.2) is 36.3 Å². The van der Waals surface area contributed by atoms with Crippen LogP contribution in [0.15, 0.2) is 35.3 Å². The van der Waals surface area contributed by atoms with E-state index in [0.717, 1.165) is 10.2 Å². The van der Waals surface area contributed by atoms with Crippen molar-refractivity contribution in [3.63, 3.8) is 0 Å². The topological polar surface area (TPSA) is 69.9 Å². The first-order chi connectivity index (χ1) is 13.5. The third-order valence-corrected chi connectivity index (χ3v) is 6.10. The van der Waals surface area contributed by atoms with Gasteiger partial charge >= 0.3 is 5.97 Å². The van der Waals surface area contributed by atoms with E-state index in [1.54, 1.807) is 31.2 Å². The van der Waals surface area contributed by atoms with E-state index in [1.807, 2.05) is 17.6 Å². The summed E-state index contributed by atoms with van der Waals surface area (Å²) in [6.45, 7) is 5.65. The number of carbonyl (C=O) groups excluding carboxylic acids is 2. The molecule has 0 spiro atoms. The molecular weight excluding hydrogens is 420 g/mol. The van der Waals surface area contributed by atoms with Crippen molar-refractivity contribution < 1.29 is 19.1 Å². The second kappa shape index (κ2) is 9.47. The molecule has 1 aromatic carbocycles. The molecule has 0 saturated carbocycles. The Morgan fingerprint density at radius 1 is 1.14 bits per heavy atom. The predicted molar refractivity (Wildman–Crippen MR) is 111 cm³/mol. The summed E-state index contributed by atoms with van der Waals surface area (Å²) >= 11 is 8.46. The van der Waals surface area contributed by atoms with Crippen molar-refractivity contribution in [2.75, 3.05) is 19.8 Å². The molecule has 9 heteroatoms. The van der Waals surface area contributed by atoms with Gasteiger partial charge in [0.2, 0.25) is 0 Å². The molecule has 148 valence electrons. The molecule has 0 saturated heterocycles. The number of halogens is 1. The van der Waals surface area contributed by atoms with Crippen molar-refractivity contribution in [3.8, 4) is 0 Å². The van der Waals surface area contributed by atoms with Crippen LogP contribution in [0.5, 0.6) is 0 Å². The van der Waals surface area contributed by atoms with Crippen molar-refractivity contribution in [2.24, 2.45) is 4.99 Å². The van der Waals surface area contributed by atoms with Gasteiger partial charge in [-0.1, -0.05) is 22.9 Å². The Kier molecular flexibility index (Phi) is 7.01. The molecule has 1 amide bonds. The molecule has 0 N–H and O–H groups in total. The molecular formula is C19H19ClN2O4S2. The summed E-state index contributed by atoms with van der Waals surface area (Å²) < 4.78 is 13.8. The van der Waals surface area contributed by atoms with E-state index in [9.17, 15) is 9.59 Å². The number of ether oxygens (including phenoxy) is 2. The summed E-state index contributed by atoms with van der Waals surface area (Å²) in [6, 6.07) is 8.66. The number of esters is 1. The van der Waals surface area contributed by atoms with Crippen LogP contribution in [0.2, 0.25) is 4.34 Å². The number of aromatic nitrogens is 1. The lowest BCUT2D eigenvalue weighted by atomic mass is 10.2. The fourth-order valence-corrected chi connectivity index (χ4v) is 4.61. The minimum Gasteiger partial charge on any atom is -0.462 e. The maximum Gasteiger partial charge on any atom is 0.338 e. The van der Waals surface area contributed by atoms with Gasteiger partial charge in [0.1, 0.15) is 0 Å². The van der Waals surface area contributed by atoms with Gasteiger partial charge in [0, 0.05) is 13.2 Å². The molecule has 28 heavy (non-hydrogen) atoms. The Labute approximate surface area is 175 Å². The van der Waals surface area contributed by atoms with Crippen LogP contribution in [0.25, 0.3) is 10.2 Å². The summed E-state index contributed by atoms with van der Waals surface area (Å²) in [5.74, 6) is -0.722. The number of amides is 1. The minimum absolute atomic E-state index is 0.314. The highest BCUT2D eigenvalue weighted by atomic mass is 35.5. The van der Waals surface area contributed by atoms with Crippen LogP contribution >= 0.6 is 34.3 Å². The van der Waals surface area contributed by atoms with Gasteiger partial charge < -0.3 is 14.0 Å². The number of benzene rings is 1. The van der Waals surface area contributed by atoms with Crippen LogP contribution in [0.3, 0.4) is 0 Å². The normalized spacial score (nSPS) is 11.9. The predicted octanol–water partition coefficient (Wildman–Crippen LogP) is 4.37. The van der Waals surface area contributed by atoms with Crippen LogP contribution in [0.1, 0.15) is 33.9 Å². The number of thiazole rings is 1. The van der Waals surface area contributed by atoms with E-state index in [0.29, 0.717) is 45.9 Å². The molecule has 0 atom stereocenters. The lowest BCUT2D eigenvalue weighted by Crippen LogP contribution is -2.19. The summed E-state index contributed by atoms with van der Waals surface area (Å²) in [6.07, 6.45) is 0. The van der Waals surface area contributed by atoms with Gasteiger partial charge in [0.25, 0.3) is 5.91 Å². The molecule has 3 aromatic rings. The largest absolute Gasteiger partial charge is 0.462 e. The van der Waals surface area contributed by atoms with E-state index >= 15 is 0 Å². The highest BCUT2D eigenvalue weighted by Gasteiger charge is 2.14. The zero-order valence-electron chi connectivity index (χ0n) is 15.4. The van der Waals surface area contributed by atoms with Crippen molar-refractivity contribution in [1.29, 1.82) is 0 Å². The SMILES string of the molecule is CCOCCn1c(=NC(=O)c2ccc(Cl)s2)sc2cc(C(=O)OCC)ccc21. The molecule has 0 unspecified atom stereocenters. The average molecular weight is 439 g/mol. The lowest BCUT2D eigenvalue weighted by Gasteiger charge is -2.06. The standard InChI is InChI=1S/C19H19ClN2O4S2/c1-3-25-10-9-22-13-6-5-12(18(24)26-4-2)11-15(13)28-19(22)21-17(23)14-7-8-16(20)27-14/h5-8,11H,3-4,9-10H2,1-2H3. The maximum absolute atomic E-state index is 12.5. The number of hydrogen-bond acceptors (Lipinski definition) is 6. The second-order valence-corrected chi connectivity index (χ2v) is 8.38. The molecule has 0 aliphatic heterocycles. The zero-order chi connectivity index (χ0) is 20.1. The van der Waals surface area contributed by atoms with Crippen LogP contribution in [0.4, 0.5) is 0 Å². The highest BCUT2D eigenvalue weighted by Crippen LogP contribution is 2.23. The molecule has 0 radical (unpaired) electrons. The van der Waals surface area contributed by atoms with Gasteiger partial charge in [-0.05, 0) is 44.2 Å². The zero-order valence-corrected chi connectivity index (χ0v) is 17.8. The minimum atomic E-state index is -0.374. The van der Waals surface area contributed by atoms with E-state index in [2.05, 4.69) is 4.99 Å². The molecule has 2 heterocycles. The first kappa shape index (κ1) is 20.7. The molecule has 0 aliphatic carbocycles. The van der Waals surface area contributed by atoms with Gasteiger partial charge in [-0.15, -0.1) is 11.3 Å². The van der Waals surface area contributed by atoms with Crippen LogP contribution < -0.4 is 4.80 Å². The average Bonchev–Trinajstić information content (AvgIpc) is 3.25. The second-order valence-electron chi connectivity index (χ2n) is 5.66. The van der Waals surface area contributed by atoms with Crippen molar-refractivity contribution in [2.45, 2.75) is 20.4 Å². The number of nitrogens with zero attached hydrogens (tertiary/aromatic N) is 2. The smallest absolute Gasteiger partial charge is 0.338 e. The van der Waals surface area contributed by atoms with Crippen LogP contribution in [-0.2, 0) is 16.0 Å². The van der Waals surface area contributed by atoms with Gasteiger partial charge in [0.15, 0.2) is 4.80 Å². The molecule has 3 rings (SSSR count). The first-order valence-corrected chi connectivity index (χ1v) is 10.8. The van der Waals surface area contributed by atoms with Gasteiger partial charge in [0.05, 0.1) is 38.2 Å². The molecule has 2 aromatic heterocycles. The molecule has 0 bridgehead atoms. The Bertz CT molecular complexity index is 1070. The summed E-state index contributed by atoms with van der Waals surface area (Å²) in [4.78, 5) is 29.9. The van der Waals surface area contributed by atoms with Gasteiger partial charge in [-0.25, -0.2) is 4.79 Å². The first-order valence-electron chi connectivity index (χ1n) is 8.76. The monoisotopic (exact) mass is 438 g/mol. The lowest BCUT2D eigenvalue weighted by molar-refractivity contribution is 0.0526. The maximum atomic E-state index is 12.5. The number of carbonyl (C=O) groups is 2. The molecule has 0 aliphatic rings. The summed E-state index contributed by atoms with van der Waals surface area (Å²) in [5.41, 5.74) is 1.35. The fraction of sp³-hybridized carbons (Fsp3) is 0.316. The molecule has 0 fully saturated rings. The Morgan fingerprint density at radius 3 is 2.64 bits per heavy atom. The van der Waals surface area contributed by atoms with E-state index in [4.69, 9.17) is 21.1 Å². The number of fused-ring (bicyclic) bond motifs is 1. The van der Waals surface area contributed by atoms with E-state index in [1.165, 1.54) is 22.7 Å². The molecule has 6 nitrogen and oxygen atoms in total. The summed E-state index contributed by atoms with van der Waals surface area (Å²) in [7, 11) is 0. The summed E-state index contributed by atoms with van der Waals surface area (Å²) in [5, 5.41) is 0. The van der Waals surface area contributed by atoms with Crippen molar-refractivity contribution >= 4 is 56.4 Å². The quantitative estimate of drug-likeness (QED) is 0.405. The Morgan fingerprint density at radius 2 is 1.96 bits per heavy atom. The van der Waals surface area contributed by atoms with E-state index < -0.39 is 0 Å². The van der Waals surface area contributed by atoms with Crippen molar-refractivity contribution in [3.05, 3.63) is 49.9 Å². The number of thiophene rings is 1. The van der Waals surface area contributed by atoms with Gasteiger partial charge in [-0.3, -0.25) is 4.79 Å². The number of hydrogen-bond donors (Lipinski definition) is 0. The third-order valence-electron chi connectivity index (χ3n) is 3.84. The third kappa shape index (κ3) is 4.70. The Balaban J connectivity index is 2.05. The van der Waals surface area contributed by atoms with Gasteiger partial charge in [-0.2, -0.15) is 4.99 Å². The van der Waals surface area contributed by atoms with Crippen LogP contribution in [0, 0.1) is 0 Å². The van der Waals surface area contributed by atoms with E-state index in [-0.39, 0.29) is 11.9 Å². The fourth-order valence-electron chi connectivity index (χ4n) is 2.59.